The number of Topliss-reactive ketones (excluding diaryl/α,β-unsaturated/α-hetero) is 1. The van der Waals surface area contributed by atoms with Gasteiger partial charge in [-0.15, -0.1) is 12.4 Å². The number of aromatic nitrogens is 2. The molecule has 0 atom stereocenters. The van der Waals surface area contributed by atoms with E-state index < -0.39 is 0 Å². The van der Waals surface area contributed by atoms with E-state index in [9.17, 15) is 4.79 Å². The molecule has 19 heavy (non-hydrogen) atoms. The molecule has 1 aromatic heterocycles. The second kappa shape index (κ2) is 8.96. The molecule has 0 spiro atoms. The molecule has 1 aliphatic heterocycles. The van der Waals surface area contributed by atoms with E-state index in [1.807, 2.05) is 0 Å². The monoisotopic (exact) mass is 285 g/mol. The predicted octanol–water partition coefficient (Wildman–Crippen LogP) is 1.49. The van der Waals surface area contributed by atoms with Crippen LogP contribution in [0, 0.1) is 5.92 Å². The van der Waals surface area contributed by atoms with Crippen molar-refractivity contribution in [2.24, 2.45) is 5.92 Å². The molecule has 1 N–H and O–H groups in total. The molecule has 0 aromatic carbocycles. The van der Waals surface area contributed by atoms with Gasteiger partial charge in [0.1, 0.15) is 12.3 Å². The van der Waals surface area contributed by atoms with Crippen molar-refractivity contribution in [3.63, 3.8) is 0 Å². The van der Waals surface area contributed by atoms with Crippen molar-refractivity contribution in [3.05, 3.63) is 24.3 Å². The van der Waals surface area contributed by atoms with Crippen molar-refractivity contribution >= 4 is 18.2 Å². The van der Waals surface area contributed by atoms with Crippen LogP contribution in [-0.2, 0) is 4.74 Å². The van der Waals surface area contributed by atoms with Crippen LogP contribution in [0.3, 0.4) is 0 Å². The summed E-state index contributed by atoms with van der Waals surface area (Å²) in [6.07, 6.45) is 7.99. The zero-order valence-corrected chi connectivity index (χ0v) is 11.7. The van der Waals surface area contributed by atoms with Crippen LogP contribution in [0.1, 0.15) is 29.8 Å². The summed E-state index contributed by atoms with van der Waals surface area (Å²) in [5, 5.41) is 3.33. The van der Waals surface area contributed by atoms with E-state index in [4.69, 9.17) is 4.74 Å². The van der Waals surface area contributed by atoms with Crippen LogP contribution in [0.25, 0.3) is 0 Å². The zero-order chi connectivity index (χ0) is 12.6. The summed E-state index contributed by atoms with van der Waals surface area (Å²) in [6.45, 7) is 2.95. The van der Waals surface area contributed by atoms with Gasteiger partial charge in [-0.05, 0) is 38.3 Å². The number of piperidine rings is 1. The highest BCUT2D eigenvalue weighted by molar-refractivity contribution is 5.94. The number of hydrogen-bond acceptors (Lipinski definition) is 5. The SMILES string of the molecule is Cl.O=C(COCCC1CCNCC1)c1cnccn1. The summed E-state index contributed by atoms with van der Waals surface area (Å²) in [6, 6.07) is 0. The van der Waals surface area contributed by atoms with Crippen LogP contribution in [0.4, 0.5) is 0 Å². The van der Waals surface area contributed by atoms with Crippen molar-refractivity contribution in [1.29, 1.82) is 0 Å². The Morgan fingerprint density at radius 1 is 1.37 bits per heavy atom. The molecule has 0 radical (unpaired) electrons. The molecule has 0 bridgehead atoms. The van der Waals surface area contributed by atoms with Gasteiger partial charge in [0.25, 0.3) is 0 Å². The molecule has 1 fully saturated rings. The van der Waals surface area contributed by atoms with Gasteiger partial charge < -0.3 is 10.1 Å². The molecule has 5 nitrogen and oxygen atoms in total. The standard InChI is InChI=1S/C13H19N3O2.ClH/c17-13(12-9-15-6-7-16-12)10-18-8-3-11-1-4-14-5-2-11;/h6-7,9,11,14H,1-5,8,10H2;1H. The third-order valence-electron chi connectivity index (χ3n) is 3.21. The first kappa shape index (κ1) is 16.0. The van der Waals surface area contributed by atoms with Crippen molar-refractivity contribution in [1.82, 2.24) is 15.3 Å². The van der Waals surface area contributed by atoms with Gasteiger partial charge in [0, 0.05) is 19.0 Å². The summed E-state index contributed by atoms with van der Waals surface area (Å²) in [5.41, 5.74) is 0.374. The lowest BCUT2D eigenvalue weighted by atomic mass is 9.95. The highest BCUT2D eigenvalue weighted by Gasteiger charge is 2.13. The Bertz CT molecular complexity index is 369. The van der Waals surface area contributed by atoms with Gasteiger partial charge in [0.2, 0.25) is 5.78 Å². The number of nitrogens with zero attached hydrogens (tertiary/aromatic N) is 2. The van der Waals surface area contributed by atoms with E-state index in [-0.39, 0.29) is 24.8 Å². The Balaban J connectivity index is 0.00000180. The Morgan fingerprint density at radius 2 is 2.16 bits per heavy atom. The number of carbonyl (C=O) groups excluding carboxylic acids is 1. The third kappa shape index (κ3) is 5.63. The van der Waals surface area contributed by atoms with Crippen molar-refractivity contribution < 1.29 is 9.53 Å². The molecular weight excluding hydrogens is 266 g/mol. The molecule has 1 saturated heterocycles. The summed E-state index contributed by atoms with van der Waals surface area (Å²) in [5.74, 6) is 0.631. The molecule has 0 amide bonds. The van der Waals surface area contributed by atoms with Crippen molar-refractivity contribution in [3.8, 4) is 0 Å². The largest absolute Gasteiger partial charge is 0.373 e. The number of ether oxygens (including phenoxy) is 1. The molecule has 0 unspecified atom stereocenters. The molecule has 2 rings (SSSR count). The normalized spacial score (nSPS) is 15.8. The molecule has 106 valence electrons. The van der Waals surface area contributed by atoms with Gasteiger partial charge in [0.05, 0.1) is 6.20 Å². The van der Waals surface area contributed by atoms with E-state index in [1.165, 1.54) is 25.2 Å². The Labute approximate surface area is 119 Å². The van der Waals surface area contributed by atoms with Crippen LogP contribution < -0.4 is 5.32 Å². The Hall–Kier alpha value is -1.04. The van der Waals surface area contributed by atoms with Crippen LogP contribution in [-0.4, -0.2) is 42.1 Å². The number of halogens is 1. The lowest BCUT2D eigenvalue weighted by Gasteiger charge is -2.22. The van der Waals surface area contributed by atoms with Gasteiger partial charge in [-0.1, -0.05) is 0 Å². The maximum absolute atomic E-state index is 11.7. The van der Waals surface area contributed by atoms with Crippen molar-refractivity contribution in [2.75, 3.05) is 26.3 Å². The highest BCUT2D eigenvalue weighted by atomic mass is 35.5. The molecule has 2 heterocycles. The lowest BCUT2D eigenvalue weighted by Crippen LogP contribution is -2.28. The molecule has 0 aliphatic carbocycles. The fourth-order valence-corrected chi connectivity index (χ4v) is 2.10. The van der Waals surface area contributed by atoms with Crippen LogP contribution >= 0.6 is 12.4 Å². The van der Waals surface area contributed by atoms with Gasteiger partial charge >= 0.3 is 0 Å². The van der Waals surface area contributed by atoms with E-state index in [2.05, 4.69) is 15.3 Å². The van der Waals surface area contributed by atoms with Gasteiger partial charge in [-0.25, -0.2) is 4.98 Å². The van der Waals surface area contributed by atoms with Gasteiger partial charge in [0.15, 0.2) is 0 Å². The van der Waals surface area contributed by atoms with Crippen LogP contribution in [0.5, 0.6) is 0 Å². The molecular formula is C13H20ClN3O2. The number of nitrogens with one attached hydrogen (secondary N) is 1. The number of ketones is 1. The van der Waals surface area contributed by atoms with E-state index in [0.717, 1.165) is 25.4 Å². The first-order valence-corrected chi connectivity index (χ1v) is 6.44. The average Bonchev–Trinajstić information content (AvgIpc) is 2.45. The molecule has 0 saturated carbocycles. The molecule has 1 aliphatic rings. The zero-order valence-electron chi connectivity index (χ0n) is 10.9. The summed E-state index contributed by atoms with van der Waals surface area (Å²) in [7, 11) is 0. The maximum atomic E-state index is 11.7. The van der Waals surface area contributed by atoms with Gasteiger partial charge in [-0.3, -0.25) is 9.78 Å². The van der Waals surface area contributed by atoms with E-state index >= 15 is 0 Å². The second-order valence-corrected chi connectivity index (χ2v) is 4.55. The quantitative estimate of drug-likeness (QED) is 0.634. The van der Waals surface area contributed by atoms with E-state index in [0.29, 0.717) is 12.3 Å². The number of rotatable bonds is 6. The third-order valence-corrected chi connectivity index (χ3v) is 3.21. The maximum Gasteiger partial charge on any atom is 0.208 e. The van der Waals surface area contributed by atoms with E-state index in [1.54, 1.807) is 6.20 Å². The minimum atomic E-state index is -0.103. The first-order chi connectivity index (χ1) is 8.86. The first-order valence-electron chi connectivity index (χ1n) is 6.44. The average molecular weight is 286 g/mol. The minimum absolute atomic E-state index is 0. The van der Waals surface area contributed by atoms with Gasteiger partial charge in [-0.2, -0.15) is 0 Å². The molecule has 6 heteroatoms. The summed E-state index contributed by atoms with van der Waals surface area (Å²) >= 11 is 0. The number of carbonyl (C=O) groups is 1. The second-order valence-electron chi connectivity index (χ2n) is 4.55. The van der Waals surface area contributed by atoms with Crippen molar-refractivity contribution in [2.45, 2.75) is 19.3 Å². The van der Waals surface area contributed by atoms with Crippen LogP contribution in [0.2, 0.25) is 0 Å². The minimum Gasteiger partial charge on any atom is -0.373 e. The Kier molecular flexibility index (Phi) is 7.55. The molecule has 1 aromatic rings. The lowest BCUT2D eigenvalue weighted by molar-refractivity contribution is 0.0718. The van der Waals surface area contributed by atoms with Crippen LogP contribution in [0.15, 0.2) is 18.6 Å². The summed E-state index contributed by atoms with van der Waals surface area (Å²) < 4.78 is 5.41. The highest BCUT2D eigenvalue weighted by Crippen LogP contribution is 2.15. The smallest absolute Gasteiger partial charge is 0.208 e. The fraction of sp³-hybridized carbons (Fsp3) is 0.615. The predicted molar refractivity (Wildman–Crippen MR) is 74.6 cm³/mol. The fourth-order valence-electron chi connectivity index (χ4n) is 2.10. The topological polar surface area (TPSA) is 64.1 Å². The summed E-state index contributed by atoms with van der Waals surface area (Å²) in [4.78, 5) is 19.5. The Morgan fingerprint density at radius 3 is 2.84 bits per heavy atom. The number of hydrogen-bond donors (Lipinski definition) is 1.